The molecule has 0 radical (unpaired) electrons. The lowest BCUT2D eigenvalue weighted by Crippen LogP contribution is -2.42. The molecule has 116 valence electrons. The molecule has 0 bridgehead atoms. The Balaban J connectivity index is 4.48. The van der Waals surface area contributed by atoms with Crippen LogP contribution in [0.25, 0.3) is 0 Å². The maximum Gasteiger partial charge on any atom is 0.320 e. The molecule has 0 saturated carbocycles. The van der Waals surface area contributed by atoms with Gasteiger partial charge in [-0.05, 0) is 13.8 Å². The van der Waals surface area contributed by atoms with Crippen molar-refractivity contribution in [3.05, 3.63) is 0 Å². The molecule has 0 aliphatic carbocycles. The van der Waals surface area contributed by atoms with Gasteiger partial charge in [-0.15, -0.1) is 0 Å². The Morgan fingerprint density at radius 1 is 1.20 bits per heavy atom. The van der Waals surface area contributed by atoms with Crippen molar-refractivity contribution in [2.24, 2.45) is 5.92 Å². The third kappa shape index (κ3) is 7.73. The van der Waals surface area contributed by atoms with E-state index in [0.29, 0.717) is 11.0 Å². The molecule has 0 aromatic carbocycles. The second-order valence-corrected chi connectivity index (χ2v) is 5.62. The Labute approximate surface area is 119 Å². The number of carbonyl (C=O) groups is 3. The molecule has 0 aliphatic rings. The van der Waals surface area contributed by atoms with Crippen molar-refractivity contribution in [2.45, 2.75) is 26.4 Å². The Morgan fingerprint density at radius 3 is 2.15 bits per heavy atom. The second kappa shape index (κ2) is 7.84. The number of hydrogen-bond acceptors (Lipinski definition) is 5. The highest BCUT2D eigenvalue weighted by Gasteiger charge is 2.32. The smallest absolute Gasteiger partial charge is 0.320 e. The van der Waals surface area contributed by atoms with Gasteiger partial charge < -0.3 is 19.1 Å². The molecule has 1 N–H and O–H groups in total. The van der Waals surface area contributed by atoms with Crippen LogP contribution in [0.4, 0.5) is 0 Å². The Bertz CT molecular complexity index is 360. The molecule has 0 saturated heterocycles. The van der Waals surface area contributed by atoms with Crippen LogP contribution in [-0.2, 0) is 23.9 Å². The fraction of sp³-hybridized carbons (Fsp3) is 0.769. The van der Waals surface area contributed by atoms with Gasteiger partial charge in [0, 0.05) is 0 Å². The molecule has 1 unspecified atom stereocenters. The zero-order valence-corrected chi connectivity index (χ0v) is 12.7. The van der Waals surface area contributed by atoms with Crippen LogP contribution >= 0.6 is 0 Å². The number of nitrogens with zero attached hydrogens (tertiary/aromatic N) is 1. The van der Waals surface area contributed by atoms with Gasteiger partial charge in [0.25, 0.3) is 0 Å². The topological polar surface area (TPSA) is 89.9 Å². The van der Waals surface area contributed by atoms with Gasteiger partial charge >= 0.3 is 17.9 Å². The molecule has 0 spiro atoms. The average Bonchev–Trinajstić information content (AvgIpc) is 2.22. The summed E-state index contributed by atoms with van der Waals surface area (Å²) in [6.07, 6.45) is -0.880. The zero-order chi connectivity index (χ0) is 15.9. The summed E-state index contributed by atoms with van der Waals surface area (Å²) in [5, 5.41) is 8.93. The van der Waals surface area contributed by atoms with Crippen LogP contribution in [0.2, 0.25) is 0 Å². The molecule has 0 aromatic rings. The minimum Gasteiger partial charge on any atom is -0.481 e. The summed E-state index contributed by atoms with van der Waals surface area (Å²) in [6.45, 7) is 3.94. The van der Waals surface area contributed by atoms with E-state index in [1.807, 2.05) is 21.1 Å². The highest BCUT2D eigenvalue weighted by molar-refractivity contribution is 5.97. The lowest BCUT2D eigenvalue weighted by Gasteiger charge is -2.27. The fourth-order valence-electron chi connectivity index (χ4n) is 1.76. The molecule has 0 aromatic heterocycles. The van der Waals surface area contributed by atoms with E-state index in [9.17, 15) is 14.4 Å². The Morgan fingerprint density at radius 2 is 1.75 bits per heavy atom. The monoisotopic (exact) mass is 290 g/mol. The fourth-order valence-corrected chi connectivity index (χ4v) is 1.76. The van der Waals surface area contributed by atoms with Gasteiger partial charge in [0.05, 0.1) is 34.2 Å². The first-order valence-electron chi connectivity index (χ1n) is 6.46. The van der Waals surface area contributed by atoms with Crippen LogP contribution in [0.1, 0.15) is 20.3 Å². The SMILES string of the molecule is CCOC(=O)C(CC(=O)O[C@H](C)C[N+](C)(C)C)C(=O)O. The van der Waals surface area contributed by atoms with Crippen molar-refractivity contribution in [1.29, 1.82) is 0 Å². The van der Waals surface area contributed by atoms with Gasteiger partial charge in [0.1, 0.15) is 12.6 Å². The largest absolute Gasteiger partial charge is 0.481 e. The summed E-state index contributed by atoms with van der Waals surface area (Å²) >= 11 is 0. The predicted molar refractivity (Wildman–Crippen MR) is 70.8 cm³/mol. The van der Waals surface area contributed by atoms with E-state index in [1.54, 1.807) is 13.8 Å². The normalized spacial score (nSPS) is 14.2. The first-order valence-corrected chi connectivity index (χ1v) is 6.46. The van der Waals surface area contributed by atoms with Crippen molar-refractivity contribution in [3.63, 3.8) is 0 Å². The van der Waals surface area contributed by atoms with Crippen LogP contribution in [0, 0.1) is 5.92 Å². The van der Waals surface area contributed by atoms with E-state index in [1.165, 1.54) is 0 Å². The summed E-state index contributed by atoms with van der Waals surface area (Å²) in [7, 11) is 5.84. The van der Waals surface area contributed by atoms with E-state index in [-0.39, 0.29) is 12.7 Å². The van der Waals surface area contributed by atoms with Crippen molar-refractivity contribution in [1.82, 2.24) is 0 Å². The molecular weight excluding hydrogens is 266 g/mol. The molecule has 0 rings (SSSR count). The minimum atomic E-state index is -1.52. The number of aliphatic carboxylic acids is 1. The van der Waals surface area contributed by atoms with Gasteiger partial charge in [-0.2, -0.15) is 0 Å². The number of carboxylic acid groups (broad SMARTS) is 1. The lowest BCUT2D eigenvalue weighted by atomic mass is 10.1. The van der Waals surface area contributed by atoms with E-state index in [4.69, 9.17) is 9.84 Å². The number of quaternary nitrogens is 1. The van der Waals surface area contributed by atoms with Crippen molar-refractivity contribution in [2.75, 3.05) is 34.3 Å². The zero-order valence-electron chi connectivity index (χ0n) is 12.7. The molecule has 7 nitrogen and oxygen atoms in total. The lowest BCUT2D eigenvalue weighted by molar-refractivity contribution is -0.873. The average molecular weight is 290 g/mol. The third-order valence-electron chi connectivity index (χ3n) is 2.38. The van der Waals surface area contributed by atoms with Crippen molar-refractivity contribution < 1.29 is 33.4 Å². The number of ether oxygens (including phenoxy) is 2. The predicted octanol–water partition coefficient (Wildman–Crippen LogP) is 0.278. The number of likely N-dealkylation sites (N-methyl/N-ethyl adjacent to an activating group) is 1. The molecule has 0 heterocycles. The quantitative estimate of drug-likeness (QED) is 0.392. The van der Waals surface area contributed by atoms with Crippen LogP contribution in [-0.4, -0.2) is 67.9 Å². The second-order valence-electron chi connectivity index (χ2n) is 5.62. The van der Waals surface area contributed by atoms with Gasteiger partial charge in [-0.3, -0.25) is 14.4 Å². The molecule has 7 heteroatoms. The third-order valence-corrected chi connectivity index (χ3v) is 2.38. The van der Waals surface area contributed by atoms with Crippen LogP contribution < -0.4 is 0 Å². The molecule has 0 aliphatic heterocycles. The summed E-state index contributed by atoms with van der Waals surface area (Å²) in [5.74, 6) is -4.54. The summed E-state index contributed by atoms with van der Waals surface area (Å²) in [6, 6.07) is 0. The van der Waals surface area contributed by atoms with Crippen molar-refractivity contribution in [3.8, 4) is 0 Å². The van der Waals surface area contributed by atoms with E-state index in [0.717, 1.165) is 0 Å². The standard InChI is InChI=1S/C13H23NO6/c1-6-19-13(18)10(12(16)17)7-11(15)20-9(2)8-14(3,4)5/h9-10H,6-8H2,1-5H3/p+1/t9-,10?/m1/s1. The molecule has 0 amide bonds. The highest BCUT2D eigenvalue weighted by Crippen LogP contribution is 2.10. The molecule has 20 heavy (non-hydrogen) atoms. The number of carbonyl (C=O) groups excluding carboxylic acids is 2. The van der Waals surface area contributed by atoms with E-state index in [2.05, 4.69) is 4.74 Å². The van der Waals surface area contributed by atoms with Crippen LogP contribution in [0.5, 0.6) is 0 Å². The van der Waals surface area contributed by atoms with E-state index >= 15 is 0 Å². The summed E-state index contributed by atoms with van der Waals surface area (Å²) in [5.41, 5.74) is 0. The number of rotatable bonds is 8. The maximum atomic E-state index is 11.7. The Hall–Kier alpha value is -1.63. The van der Waals surface area contributed by atoms with Crippen molar-refractivity contribution >= 4 is 17.9 Å². The van der Waals surface area contributed by atoms with Crippen LogP contribution in [0.15, 0.2) is 0 Å². The molecular formula is C13H24NO6+. The number of esters is 2. The summed E-state index contributed by atoms with van der Waals surface area (Å²) in [4.78, 5) is 34.0. The Kier molecular flexibility index (Phi) is 7.20. The molecule has 2 atom stereocenters. The first-order chi connectivity index (χ1) is 9.06. The van der Waals surface area contributed by atoms with Gasteiger partial charge in [0.2, 0.25) is 0 Å². The maximum absolute atomic E-state index is 11.7. The van der Waals surface area contributed by atoms with Gasteiger partial charge in [0.15, 0.2) is 5.92 Å². The number of hydrogen-bond donors (Lipinski definition) is 1. The van der Waals surface area contributed by atoms with Crippen LogP contribution in [0.3, 0.4) is 0 Å². The summed E-state index contributed by atoms with van der Waals surface area (Å²) < 4.78 is 10.3. The van der Waals surface area contributed by atoms with Gasteiger partial charge in [-0.1, -0.05) is 0 Å². The molecule has 0 fully saturated rings. The van der Waals surface area contributed by atoms with Gasteiger partial charge in [-0.25, -0.2) is 0 Å². The highest BCUT2D eigenvalue weighted by atomic mass is 16.5. The van der Waals surface area contributed by atoms with E-state index < -0.39 is 30.2 Å². The number of carboxylic acids is 1. The first kappa shape index (κ1) is 18.4. The minimum absolute atomic E-state index is 0.0650.